The van der Waals surface area contributed by atoms with Gasteiger partial charge in [-0.05, 0) is 18.2 Å². The molecule has 0 bridgehead atoms. The number of halogens is 1. The van der Waals surface area contributed by atoms with Crippen LogP contribution in [0.4, 0.5) is 4.39 Å². The molecule has 0 amide bonds. The van der Waals surface area contributed by atoms with Crippen molar-refractivity contribution in [3.05, 3.63) is 29.6 Å². The fourth-order valence-corrected chi connectivity index (χ4v) is 1.13. The molecule has 3 nitrogen and oxygen atoms in total. The molecule has 1 rings (SSSR count). The molecule has 0 radical (unpaired) electrons. The Hall–Kier alpha value is -1.07. The molecule has 5 heteroatoms. The second-order valence-corrected chi connectivity index (χ2v) is 3.02. The van der Waals surface area contributed by atoms with Crippen molar-refractivity contribution in [3.63, 3.8) is 0 Å². The molecule has 0 fully saturated rings. The van der Waals surface area contributed by atoms with Gasteiger partial charge in [0.2, 0.25) is 0 Å². The molecule has 1 N–H and O–H groups in total. The van der Waals surface area contributed by atoms with Crippen molar-refractivity contribution in [2.45, 2.75) is 4.90 Å². The topological polar surface area (TPSA) is 54.4 Å². The standard InChI is InChI=1S/C7H5FO3S/c8-7-2-1-6(12(10)11)3-5(7)4-9/h1-4H,(H,10,11). The summed E-state index contributed by atoms with van der Waals surface area (Å²) in [5.74, 6) is -0.695. The van der Waals surface area contributed by atoms with E-state index in [0.717, 1.165) is 18.2 Å². The predicted octanol–water partition coefficient (Wildman–Crippen LogP) is 1.22. The van der Waals surface area contributed by atoms with Crippen molar-refractivity contribution in [2.24, 2.45) is 0 Å². The average molecular weight is 188 g/mol. The summed E-state index contributed by atoms with van der Waals surface area (Å²) in [5, 5.41) is 0. The van der Waals surface area contributed by atoms with E-state index in [1.807, 2.05) is 0 Å². The zero-order chi connectivity index (χ0) is 9.14. The number of hydrogen-bond acceptors (Lipinski definition) is 2. The third-order valence-electron chi connectivity index (χ3n) is 1.30. The van der Waals surface area contributed by atoms with E-state index < -0.39 is 16.9 Å². The van der Waals surface area contributed by atoms with Gasteiger partial charge in [-0.15, -0.1) is 0 Å². The van der Waals surface area contributed by atoms with Crippen molar-refractivity contribution in [3.8, 4) is 0 Å². The summed E-state index contributed by atoms with van der Waals surface area (Å²) in [6.07, 6.45) is 0.297. The van der Waals surface area contributed by atoms with Crippen LogP contribution in [-0.2, 0) is 11.1 Å². The van der Waals surface area contributed by atoms with Gasteiger partial charge in [0, 0.05) is 0 Å². The van der Waals surface area contributed by atoms with Gasteiger partial charge in [-0.1, -0.05) is 0 Å². The summed E-state index contributed by atoms with van der Waals surface area (Å²) in [4.78, 5) is 10.2. The Morgan fingerprint density at radius 3 is 2.67 bits per heavy atom. The highest BCUT2D eigenvalue weighted by Gasteiger charge is 2.05. The number of hydrogen-bond donors (Lipinski definition) is 1. The molecule has 0 saturated heterocycles. The molecule has 0 aromatic heterocycles. The molecule has 0 aliphatic rings. The maximum atomic E-state index is 12.6. The molecule has 0 heterocycles. The summed E-state index contributed by atoms with van der Waals surface area (Å²) in [7, 11) is 0. The molecule has 1 aromatic rings. The van der Waals surface area contributed by atoms with Crippen LogP contribution in [0.2, 0.25) is 0 Å². The second kappa shape index (κ2) is 3.55. The Balaban J connectivity index is 3.22. The lowest BCUT2D eigenvalue weighted by atomic mass is 10.2. The van der Waals surface area contributed by atoms with E-state index in [-0.39, 0.29) is 10.5 Å². The zero-order valence-electron chi connectivity index (χ0n) is 5.86. The Bertz CT molecular complexity index is 337. The third kappa shape index (κ3) is 1.75. The highest BCUT2D eigenvalue weighted by Crippen LogP contribution is 2.10. The van der Waals surface area contributed by atoms with E-state index in [4.69, 9.17) is 4.55 Å². The molecular weight excluding hydrogens is 183 g/mol. The number of rotatable bonds is 2. The first kappa shape index (κ1) is 9.02. The normalized spacial score (nSPS) is 12.5. The lowest BCUT2D eigenvalue weighted by molar-refractivity contribution is 0.111. The van der Waals surface area contributed by atoms with Crippen LogP contribution in [0.3, 0.4) is 0 Å². The van der Waals surface area contributed by atoms with Gasteiger partial charge in [0.25, 0.3) is 0 Å². The average Bonchev–Trinajstić information content (AvgIpc) is 2.05. The van der Waals surface area contributed by atoms with Gasteiger partial charge < -0.3 is 4.55 Å². The maximum absolute atomic E-state index is 12.6. The first-order valence-electron chi connectivity index (χ1n) is 3.00. The number of aldehydes is 1. The smallest absolute Gasteiger partial charge is 0.186 e. The molecule has 64 valence electrons. The molecule has 1 aromatic carbocycles. The zero-order valence-corrected chi connectivity index (χ0v) is 6.68. The van der Waals surface area contributed by atoms with Crippen LogP contribution in [0.5, 0.6) is 0 Å². The maximum Gasteiger partial charge on any atom is 0.186 e. The number of carbonyl (C=O) groups excluding carboxylic acids is 1. The lowest BCUT2D eigenvalue weighted by Crippen LogP contribution is -1.93. The Labute approximate surface area is 70.5 Å². The van der Waals surface area contributed by atoms with Crippen molar-refractivity contribution in [1.29, 1.82) is 0 Å². The van der Waals surface area contributed by atoms with Crippen molar-refractivity contribution >= 4 is 17.4 Å². The minimum Gasteiger partial charge on any atom is -0.302 e. The monoisotopic (exact) mass is 188 g/mol. The largest absolute Gasteiger partial charge is 0.302 e. The third-order valence-corrected chi connectivity index (χ3v) is 1.95. The number of carbonyl (C=O) groups is 1. The molecule has 12 heavy (non-hydrogen) atoms. The van der Waals surface area contributed by atoms with E-state index in [1.165, 1.54) is 0 Å². The lowest BCUT2D eigenvalue weighted by Gasteiger charge is -1.96. The van der Waals surface area contributed by atoms with E-state index in [2.05, 4.69) is 0 Å². The van der Waals surface area contributed by atoms with Gasteiger partial charge in [-0.2, -0.15) is 0 Å². The van der Waals surface area contributed by atoms with E-state index in [0.29, 0.717) is 6.29 Å². The molecular formula is C7H5FO3S. The summed E-state index contributed by atoms with van der Waals surface area (Å²) >= 11 is -2.17. The van der Waals surface area contributed by atoms with Crippen LogP contribution in [0.25, 0.3) is 0 Å². The van der Waals surface area contributed by atoms with Gasteiger partial charge in [-0.3, -0.25) is 4.79 Å². The second-order valence-electron chi connectivity index (χ2n) is 2.05. The van der Waals surface area contributed by atoms with Crippen molar-refractivity contribution < 1.29 is 17.9 Å². The van der Waals surface area contributed by atoms with Crippen LogP contribution >= 0.6 is 0 Å². The van der Waals surface area contributed by atoms with Crippen LogP contribution in [0, 0.1) is 5.82 Å². The molecule has 0 spiro atoms. The summed E-state index contributed by atoms with van der Waals surface area (Å²) in [6, 6.07) is 3.17. The van der Waals surface area contributed by atoms with E-state index in [9.17, 15) is 13.4 Å². The van der Waals surface area contributed by atoms with Gasteiger partial charge in [0.05, 0.1) is 10.5 Å². The molecule has 0 saturated carbocycles. The fourth-order valence-electron chi connectivity index (χ4n) is 0.721. The highest BCUT2D eigenvalue weighted by atomic mass is 32.2. The highest BCUT2D eigenvalue weighted by molar-refractivity contribution is 7.79. The first-order chi connectivity index (χ1) is 5.65. The van der Waals surface area contributed by atoms with E-state index in [1.54, 1.807) is 0 Å². The molecule has 1 atom stereocenters. The minimum absolute atomic E-state index is 0.0125. The van der Waals surface area contributed by atoms with Gasteiger partial charge in [0.1, 0.15) is 5.82 Å². The van der Waals surface area contributed by atoms with Crippen LogP contribution < -0.4 is 0 Å². The van der Waals surface area contributed by atoms with Crippen LogP contribution in [0.1, 0.15) is 10.4 Å². The van der Waals surface area contributed by atoms with Gasteiger partial charge >= 0.3 is 0 Å². The summed E-state index contributed by atoms with van der Waals surface area (Å²) in [5.41, 5.74) is -0.213. The minimum atomic E-state index is -2.17. The summed E-state index contributed by atoms with van der Waals surface area (Å²) < 4.78 is 31.6. The number of benzene rings is 1. The van der Waals surface area contributed by atoms with Crippen LogP contribution in [0.15, 0.2) is 23.1 Å². The van der Waals surface area contributed by atoms with E-state index >= 15 is 0 Å². The molecule has 1 unspecified atom stereocenters. The van der Waals surface area contributed by atoms with Crippen molar-refractivity contribution in [2.75, 3.05) is 0 Å². The predicted molar refractivity (Wildman–Crippen MR) is 40.8 cm³/mol. The summed E-state index contributed by atoms with van der Waals surface area (Å²) in [6.45, 7) is 0. The Kier molecular flexibility index (Phi) is 2.67. The molecule has 0 aliphatic carbocycles. The van der Waals surface area contributed by atoms with Crippen LogP contribution in [-0.4, -0.2) is 15.0 Å². The molecule has 0 aliphatic heterocycles. The first-order valence-corrected chi connectivity index (χ1v) is 4.11. The fraction of sp³-hybridized carbons (Fsp3) is 0. The SMILES string of the molecule is O=Cc1cc(S(=O)O)ccc1F. The Morgan fingerprint density at radius 2 is 2.17 bits per heavy atom. The van der Waals surface area contributed by atoms with Gasteiger partial charge in [0.15, 0.2) is 17.4 Å². The quantitative estimate of drug-likeness (QED) is 0.560. The van der Waals surface area contributed by atoms with Crippen molar-refractivity contribution in [1.82, 2.24) is 0 Å². The Morgan fingerprint density at radius 1 is 1.50 bits per heavy atom. The van der Waals surface area contributed by atoms with Gasteiger partial charge in [-0.25, -0.2) is 8.60 Å².